The van der Waals surface area contributed by atoms with Gasteiger partial charge in [0.2, 0.25) is 0 Å². The second-order valence-corrected chi connectivity index (χ2v) is 3.79. The minimum atomic E-state index is -0.152. The van der Waals surface area contributed by atoms with Gasteiger partial charge >= 0.3 is 0 Å². The molecule has 1 aromatic rings. The van der Waals surface area contributed by atoms with Crippen LogP contribution in [0.1, 0.15) is 43.4 Å². The van der Waals surface area contributed by atoms with Crippen LogP contribution in [0.15, 0.2) is 24.3 Å². The molecule has 14 heavy (non-hydrogen) atoms. The molecule has 0 spiro atoms. The Kier molecular flexibility index (Phi) is 3.67. The van der Waals surface area contributed by atoms with E-state index >= 15 is 0 Å². The van der Waals surface area contributed by atoms with Gasteiger partial charge in [-0.2, -0.15) is 5.26 Å². The zero-order valence-corrected chi connectivity index (χ0v) is 8.70. The van der Waals surface area contributed by atoms with E-state index in [0.29, 0.717) is 12.3 Å². The molecular weight excluding hydrogens is 172 g/mol. The van der Waals surface area contributed by atoms with Crippen molar-refractivity contribution in [1.29, 1.82) is 5.26 Å². The third-order valence-corrected chi connectivity index (χ3v) is 2.34. The summed E-state index contributed by atoms with van der Waals surface area (Å²) in [4.78, 5) is 0. The molecule has 1 atom stereocenters. The van der Waals surface area contributed by atoms with Gasteiger partial charge in [0.15, 0.2) is 0 Å². The summed E-state index contributed by atoms with van der Waals surface area (Å²) in [5.74, 6) is 0.538. The highest BCUT2D eigenvalue weighted by molar-refractivity contribution is 5.27. The summed E-state index contributed by atoms with van der Waals surface area (Å²) in [7, 11) is 0. The molecule has 0 aliphatic carbocycles. The maximum atomic E-state index is 8.51. The molecule has 0 fully saturated rings. The van der Waals surface area contributed by atoms with Crippen LogP contribution in [-0.2, 0) is 0 Å². The lowest BCUT2D eigenvalue weighted by atomic mass is 9.98. The largest absolute Gasteiger partial charge is 0.323 e. The van der Waals surface area contributed by atoms with E-state index < -0.39 is 0 Å². The lowest BCUT2D eigenvalue weighted by molar-refractivity contribution is 0.746. The van der Waals surface area contributed by atoms with Crippen LogP contribution in [0.25, 0.3) is 0 Å². The molecule has 2 heteroatoms. The highest BCUT2D eigenvalue weighted by Gasteiger charge is 2.05. The van der Waals surface area contributed by atoms with Crippen LogP contribution in [0, 0.1) is 11.3 Å². The minimum absolute atomic E-state index is 0.152. The normalized spacial score (nSPS) is 12.5. The predicted molar refractivity (Wildman–Crippen MR) is 57.7 cm³/mol. The van der Waals surface area contributed by atoms with E-state index in [1.807, 2.05) is 12.1 Å². The van der Waals surface area contributed by atoms with Crippen LogP contribution >= 0.6 is 0 Å². The molecule has 0 aliphatic heterocycles. The van der Waals surface area contributed by atoms with Gasteiger partial charge in [-0.25, -0.2) is 0 Å². The van der Waals surface area contributed by atoms with Gasteiger partial charge in [0, 0.05) is 6.04 Å². The first kappa shape index (κ1) is 10.7. The molecule has 2 N–H and O–H groups in total. The Balaban J connectivity index is 2.78. The summed E-state index contributed by atoms with van der Waals surface area (Å²) in [5, 5.41) is 8.51. The fourth-order valence-corrected chi connectivity index (χ4v) is 1.34. The van der Waals surface area contributed by atoms with Crippen LogP contribution < -0.4 is 5.73 Å². The number of nitrogens with zero attached hydrogens (tertiary/aromatic N) is 1. The number of rotatable bonds is 3. The van der Waals surface area contributed by atoms with E-state index in [0.717, 1.165) is 5.56 Å². The summed E-state index contributed by atoms with van der Waals surface area (Å²) in [6.45, 7) is 4.31. The van der Waals surface area contributed by atoms with E-state index in [4.69, 9.17) is 11.0 Å². The standard InChI is InChI=1S/C12H16N2/c1-9(2)10-3-5-11(6-4-10)12(14)7-8-13/h3-6,9,12H,7,14H2,1-2H3. The Morgan fingerprint density at radius 1 is 1.21 bits per heavy atom. The number of nitriles is 1. The Hall–Kier alpha value is -1.33. The van der Waals surface area contributed by atoms with Crippen molar-refractivity contribution in [3.63, 3.8) is 0 Å². The van der Waals surface area contributed by atoms with E-state index in [1.165, 1.54) is 5.56 Å². The van der Waals surface area contributed by atoms with E-state index in [1.54, 1.807) is 0 Å². The van der Waals surface area contributed by atoms with Crippen LogP contribution in [0.2, 0.25) is 0 Å². The van der Waals surface area contributed by atoms with E-state index in [9.17, 15) is 0 Å². The van der Waals surface area contributed by atoms with Crippen molar-refractivity contribution in [2.75, 3.05) is 0 Å². The van der Waals surface area contributed by atoms with Crippen LogP contribution in [-0.4, -0.2) is 0 Å². The average molecular weight is 188 g/mol. The molecule has 1 unspecified atom stereocenters. The zero-order valence-electron chi connectivity index (χ0n) is 8.70. The predicted octanol–water partition coefficient (Wildman–Crippen LogP) is 2.72. The quantitative estimate of drug-likeness (QED) is 0.792. The van der Waals surface area contributed by atoms with Gasteiger partial charge in [-0.15, -0.1) is 0 Å². The molecule has 0 aliphatic rings. The summed E-state index contributed by atoms with van der Waals surface area (Å²) in [6.07, 6.45) is 0.376. The Morgan fingerprint density at radius 3 is 2.14 bits per heavy atom. The average Bonchev–Trinajstić information content (AvgIpc) is 2.18. The third-order valence-electron chi connectivity index (χ3n) is 2.34. The smallest absolute Gasteiger partial charge is 0.0641 e. The number of benzene rings is 1. The molecule has 1 aromatic carbocycles. The van der Waals surface area contributed by atoms with Crippen molar-refractivity contribution in [2.24, 2.45) is 5.73 Å². The Labute approximate surface area is 85.4 Å². The molecular formula is C12H16N2. The highest BCUT2D eigenvalue weighted by Crippen LogP contribution is 2.18. The molecule has 0 saturated carbocycles. The molecule has 0 aromatic heterocycles. The van der Waals surface area contributed by atoms with Gasteiger partial charge in [0.05, 0.1) is 12.5 Å². The molecule has 0 saturated heterocycles. The lowest BCUT2D eigenvalue weighted by Gasteiger charge is -2.10. The van der Waals surface area contributed by atoms with Crippen molar-refractivity contribution in [3.05, 3.63) is 35.4 Å². The molecule has 1 rings (SSSR count). The first-order chi connectivity index (χ1) is 6.65. The van der Waals surface area contributed by atoms with Crippen LogP contribution in [0.5, 0.6) is 0 Å². The third kappa shape index (κ3) is 2.58. The first-order valence-corrected chi connectivity index (χ1v) is 4.87. The van der Waals surface area contributed by atoms with Crippen molar-refractivity contribution < 1.29 is 0 Å². The van der Waals surface area contributed by atoms with E-state index in [-0.39, 0.29) is 6.04 Å². The summed E-state index contributed by atoms with van der Waals surface area (Å²) >= 11 is 0. The van der Waals surface area contributed by atoms with Gasteiger partial charge in [-0.1, -0.05) is 38.1 Å². The second-order valence-electron chi connectivity index (χ2n) is 3.79. The second kappa shape index (κ2) is 4.78. The topological polar surface area (TPSA) is 49.8 Å². The molecule has 0 heterocycles. The van der Waals surface area contributed by atoms with Gasteiger partial charge in [0.1, 0.15) is 0 Å². The van der Waals surface area contributed by atoms with Gasteiger partial charge in [-0.05, 0) is 17.0 Å². The number of hydrogen-bond donors (Lipinski definition) is 1. The monoisotopic (exact) mass is 188 g/mol. The van der Waals surface area contributed by atoms with Crippen LogP contribution in [0.3, 0.4) is 0 Å². The van der Waals surface area contributed by atoms with E-state index in [2.05, 4.69) is 32.0 Å². The van der Waals surface area contributed by atoms with Crippen molar-refractivity contribution in [3.8, 4) is 6.07 Å². The van der Waals surface area contributed by atoms with Crippen molar-refractivity contribution in [1.82, 2.24) is 0 Å². The molecule has 0 bridgehead atoms. The minimum Gasteiger partial charge on any atom is -0.323 e. The fraction of sp³-hybridized carbons (Fsp3) is 0.417. The fourth-order valence-electron chi connectivity index (χ4n) is 1.34. The maximum absolute atomic E-state index is 8.51. The summed E-state index contributed by atoms with van der Waals surface area (Å²) in [5.41, 5.74) is 8.15. The molecule has 0 radical (unpaired) electrons. The zero-order chi connectivity index (χ0) is 10.6. The lowest BCUT2D eigenvalue weighted by Crippen LogP contribution is -2.09. The SMILES string of the molecule is CC(C)c1ccc(C(N)CC#N)cc1. The molecule has 0 amide bonds. The van der Waals surface area contributed by atoms with Crippen LogP contribution in [0.4, 0.5) is 0 Å². The van der Waals surface area contributed by atoms with Gasteiger partial charge in [0.25, 0.3) is 0 Å². The number of nitrogens with two attached hydrogens (primary N) is 1. The van der Waals surface area contributed by atoms with Gasteiger partial charge in [-0.3, -0.25) is 0 Å². The van der Waals surface area contributed by atoms with Crippen molar-refractivity contribution >= 4 is 0 Å². The van der Waals surface area contributed by atoms with Gasteiger partial charge < -0.3 is 5.73 Å². The summed E-state index contributed by atoms with van der Waals surface area (Å²) in [6, 6.07) is 10.1. The number of hydrogen-bond acceptors (Lipinski definition) is 2. The molecule has 2 nitrogen and oxygen atoms in total. The highest BCUT2D eigenvalue weighted by atomic mass is 14.6. The maximum Gasteiger partial charge on any atom is 0.0641 e. The van der Waals surface area contributed by atoms with Crippen molar-refractivity contribution in [2.45, 2.75) is 32.2 Å². The summed E-state index contributed by atoms with van der Waals surface area (Å²) < 4.78 is 0. The Bertz CT molecular complexity index is 319. The first-order valence-electron chi connectivity index (χ1n) is 4.87. The Morgan fingerprint density at radius 2 is 1.71 bits per heavy atom. The molecule has 74 valence electrons.